The average molecular weight is 379 g/mol. The van der Waals surface area contributed by atoms with Crippen LogP contribution in [0.4, 0.5) is 0 Å². The molecule has 90 valence electrons. The van der Waals surface area contributed by atoms with Crippen LogP contribution >= 0.6 is 43.2 Å². The Morgan fingerprint density at radius 2 is 2.18 bits per heavy atom. The molecule has 0 aliphatic rings. The number of hydrogen-bond acceptors (Lipinski definition) is 3. The maximum Gasteiger partial charge on any atom is 0.255 e. The number of carbonyl (C=O) groups excluding carboxylic acids is 1. The summed E-state index contributed by atoms with van der Waals surface area (Å²) >= 11 is 8.26. The van der Waals surface area contributed by atoms with Gasteiger partial charge in [0.25, 0.3) is 5.91 Å². The zero-order chi connectivity index (χ0) is 12.3. The summed E-state index contributed by atoms with van der Waals surface area (Å²) in [7, 11) is 0. The van der Waals surface area contributed by atoms with Gasteiger partial charge in [-0.1, -0.05) is 0 Å². The highest BCUT2D eigenvalue weighted by Gasteiger charge is 2.11. The van der Waals surface area contributed by atoms with E-state index in [1.165, 1.54) is 11.1 Å². The number of amides is 1. The Hall–Kier alpha value is -0.590. The molecule has 0 saturated carbocycles. The van der Waals surface area contributed by atoms with Crippen LogP contribution in [0.5, 0.6) is 0 Å². The van der Waals surface area contributed by atoms with E-state index >= 15 is 0 Å². The third-order valence-electron chi connectivity index (χ3n) is 2.15. The Morgan fingerprint density at radius 1 is 1.35 bits per heavy atom. The average Bonchev–Trinajstić information content (AvgIpc) is 2.87. The summed E-state index contributed by atoms with van der Waals surface area (Å²) in [6, 6.07) is 5.70. The minimum absolute atomic E-state index is 0.124. The maximum atomic E-state index is 11.7. The van der Waals surface area contributed by atoms with Crippen molar-refractivity contribution in [1.82, 2.24) is 5.32 Å². The number of carbonyl (C=O) groups is 1. The Bertz CT molecular complexity index is 521. The van der Waals surface area contributed by atoms with Crippen molar-refractivity contribution in [3.8, 4) is 0 Å². The van der Waals surface area contributed by atoms with Crippen LogP contribution < -0.4 is 5.32 Å². The van der Waals surface area contributed by atoms with E-state index in [4.69, 9.17) is 4.42 Å². The molecule has 6 heteroatoms. The summed E-state index contributed by atoms with van der Waals surface area (Å²) in [5.41, 5.74) is 0.525. The Balaban J connectivity index is 1.83. The van der Waals surface area contributed by atoms with E-state index in [0.717, 1.165) is 10.2 Å². The molecule has 2 aromatic heterocycles. The molecule has 0 unspecified atom stereocenters. The van der Waals surface area contributed by atoms with Crippen LogP contribution in [0.2, 0.25) is 0 Å². The largest absolute Gasteiger partial charge is 0.457 e. The fraction of sp³-hybridized carbons (Fsp3) is 0.182. The van der Waals surface area contributed by atoms with Gasteiger partial charge in [-0.05, 0) is 56.5 Å². The lowest BCUT2D eigenvalue weighted by molar-refractivity contribution is 0.0952. The van der Waals surface area contributed by atoms with Crippen LogP contribution in [0, 0.1) is 0 Å². The molecule has 0 radical (unpaired) electrons. The predicted molar refractivity (Wildman–Crippen MR) is 74.5 cm³/mol. The number of hydrogen-bond donors (Lipinski definition) is 1. The van der Waals surface area contributed by atoms with Crippen molar-refractivity contribution in [2.45, 2.75) is 6.42 Å². The monoisotopic (exact) mass is 377 g/mol. The molecule has 0 saturated heterocycles. The van der Waals surface area contributed by atoms with Gasteiger partial charge in [-0.25, -0.2) is 0 Å². The number of nitrogens with one attached hydrogen (secondary N) is 1. The molecule has 0 atom stereocenters. The highest BCUT2D eigenvalue weighted by atomic mass is 79.9. The Labute approximate surface area is 119 Å². The smallest absolute Gasteiger partial charge is 0.255 e. The van der Waals surface area contributed by atoms with Crippen molar-refractivity contribution < 1.29 is 9.21 Å². The van der Waals surface area contributed by atoms with Gasteiger partial charge in [-0.3, -0.25) is 4.79 Å². The van der Waals surface area contributed by atoms with E-state index in [1.54, 1.807) is 17.4 Å². The first-order valence-electron chi connectivity index (χ1n) is 4.92. The van der Waals surface area contributed by atoms with Crippen LogP contribution in [0.3, 0.4) is 0 Å². The van der Waals surface area contributed by atoms with E-state index in [0.29, 0.717) is 16.8 Å². The van der Waals surface area contributed by atoms with E-state index in [-0.39, 0.29) is 5.91 Å². The summed E-state index contributed by atoms with van der Waals surface area (Å²) in [4.78, 5) is 13.0. The number of halogens is 2. The molecule has 17 heavy (non-hydrogen) atoms. The molecule has 0 aromatic carbocycles. The first kappa shape index (κ1) is 12.9. The van der Waals surface area contributed by atoms with Crippen molar-refractivity contribution in [2.75, 3.05) is 6.54 Å². The third kappa shape index (κ3) is 3.43. The predicted octanol–water partition coefficient (Wildman–Crippen LogP) is 3.84. The van der Waals surface area contributed by atoms with Crippen LogP contribution in [-0.4, -0.2) is 12.5 Å². The van der Waals surface area contributed by atoms with Gasteiger partial charge in [0.2, 0.25) is 0 Å². The third-order valence-corrected chi connectivity index (χ3v) is 4.45. The second-order valence-corrected chi connectivity index (χ2v) is 6.59. The first-order valence-corrected chi connectivity index (χ1v) is 7.32. The van der Waals surface area contributed by atoms with Crippen LogP contribution in [-0.2, 0) is 6.42 Å². The SMILES string of the molecule is O=C(NCCc1ccc(Br)s1)c1ccoc1Br. The van der Waals surface area contributed by atoms with E-state index in [1.807, 2.05) is 6.07 Å². The molecule has 0 fully saturated rings. The Kier molecular flexibility index (Phi) is 4.42. The van der Waals surface area contributed by atoms with Gasteiger partial charge in [0.1, 0.15) is 0 Å². The molecule has 0 aliphatic carbocycles. The zero-order valence-corrected chi connectivity index (χ0v) is 12.7. The van der Waals surface area contributed by atoms with E-state index in [2.05, 4.69) is 43.2 Å². The minimum atomic E-state index is -0.124. The standard InChI is InChI=1S/C11H9Br2NO2S/c12-9-2-1-7(17-9)3-5-14-11(15)8-4-6-16-10(8)13/h1-2,4,6H,3,5H2,(H,14,15). The zero-order valence-electron chi connectivity index (χ0n) is 8.70. The first-order chi connectivity index (χ1) is 8.16. The highest BCUT2D eigenvalue weighted by Crippen LogP contribution is 2.22. The highest BCUT2D eigenvalue weighted by molar-refractivity contribution is 9.11. The molecule has 2 aromatic rings. The van der Waals surface area contributed by atoms with Crippen molar-refractivity contribution >= 4 is 49.1 Å². The van der Waals surface area contributed by atoms with Gasteiger partial charge in [0.05, 0.1) is 15.6 Å². The second-order valence-electron chi connectivity index (χ2n) is 3.32. The summed E-state index contributed by atoms with van der Waals surface area (Å²) < 4.78 is 6.58. The van der Waals surface area contributed by atoms with Crippen molar-refractivity contribution in [2.24, 2.45) is 0 Å². The molecule has 0 aliphatic heterocycles. The molecule has 3 nitrogen and oxygen atoms in total. The minimum Gasteiger partial charge on any atom is -0.457 e. The fourth-order valence-corrected chi connectivity index (χ4v) is 3.24. The van der Waals surface area contributed by atoms with Gasteiger partial charge in [0, 0.05) is 11.4 Å². The normalized spacial score (nSPS) is 10.5. The molecule has 2 rings (SSSR count). The molecule has 0 bridgehead atoms. The number of furan rings is 1. The molecule has 2 heterocycles. The lowest BCUT2D eigenvalue weighted by Crippen LogP contribution is -2.25. The summed E-state index contributed by atoms with van der Waals surface area (Å²) in [5, 5.41) is 2.85. The van der Waals surface area contributed by atoms with E-state index in [9.17, 15) is 4.79 Å². The molecule has 1 N–H and O–H groups in total. The van der Waals surface area contributed by atoms with Gasteiger partial charge in [-0.15, -0.1) is 11.3 Å². The summed E-state index contributed by atoms with van der Waals surface area (Å²) in [6.45, 7) is 0.614. The molecular formula is C11H9Br2NO2S. The quantitative estimate of drug-likeness (QED) is 0.878. The van der Waals surface area contributed by atoms with Crippen molar-refractivity contribution in [3.05, 3.63) is 43.4 Å². The van der Waals surface area contributed by atoms with Crippen LogP contribution in [0.25, 0.3) is 0 Å². The lowest BCUT2D eigenvalue weighted by Gasteiger charge is -2.02. The summed E-state index contributed by atoms with van der Waals surface area (Å²) in [5.74, 6) is -0.124. The topological polar surface area (TPSA) is 42.2 Å². The van der Waals surface area contributed by atoms with Gasteiger partial charge in [-0.2, -0.15) is 0 Å². The molecular weight excluding hydrogens is 370 g/mol. The summed E-state index contributed by atoms with van der Waals surface area (Å²) in [6.07, 6.45) is 2.31. The van der Waals surface area contributed by atoms with Crippen molar-refractivity contribution in [1.29, 1.82) is 0 Å². The second kappa shape index (κ2) is 5.84. The van der Waals surface area contributed by atoms with Gasteiger partial charge < -0.3 is 9.73 Å². The van der Waals surface area contributed by atoms with Crippen molar-refractivity contribution in [3.63, 3.8) is 0 Å². The maximum absolute atomic E-state index is 11.7. The number of thiophene rings is 1. The Morgan fingerprint density at radius 3 is 2.76 bits per heavy atom. The molecule has 1 amide bonds. The fourth-order valence-electron chi connectivity index (χ4n) is 1.34. The van der Waals surface area contributed by atoms with Gasteiger partial charge in [0.15, 0.2) is 4.67 Å². The number of rotatable bonds is 4. The van der Waals surface area contributed by atoms with E-state index < -0.39 is 0 Å². The molecule has 0 spiro atoms. The van der Waals surface area contributed by atoms with Gasteiger partial charge >= 0.3 is 0 Å². The van der Waals surface area contributed by atoms with Crippen LogP contribution in [0.1, 0.15) is 15.2 Å². The lowest BCUT2D eigenvalue weighted by atomic mass is 10.3. The van der Waals surface area contributed by atoms with Crippen LogP contribution in [0.15, 0.2) is 37.3 Å².